The Balaban J connectivity index is 1.39. The van der Waals surface area contributed by atoms with E-state index in [4.69, 9.17) is 5.73 Å². The second-order valence-corrected chi connectivity index (χ2v) is 8.50. The topological polar surface area (TPSA) is 67.5 Å². The number of nitrogen functional groups attached to an aromatic ring is 1. The van der Waals surface area contributed by atoms with Gasteiger partial charge in [0, 0.05) is 17.0 Å². The third-order valence-corrected chi connectivity index (χ3v) is 6.32. The monoisotopic (exact) mass is 325 g/mol. The van der Waals surface area contributed by atoms with E-state index in [2.05, 4.69) is 17.5 Å². The molecule has 0 aromatic heterocycles. The lowest BCUT2D eigenvalue weighted by atomic mass is 9.48. The molecule has 0 saturated heterocycles. The first kappa shape index (κ1) is 15.7. The molecular formula is C20H27N3O. The van der Waals surface area contributed by atoms with Crippen molar-refractivity contribution in [3.63, 3.8) is 0 Å². The van der Waals surface area contributed by atoms with E-state index in [-0.39, 0.29) is 5.91 Å². The lowest BCUT2D eigenvalue weighted by Gasteiger charge is -2.57. The van der Waals surface area contributed by atoms with Crippen molar-refractivity contribution in [3.8, 4) is 0 Å². The molecule has 0 spiro atoms. The van der Waals surface area contributed by atoms with Crippen molar-refractivity contribution in [2.24, 2.45) is 28.3 Å². The van der Waals surface area contributed by atoms with Gasteiger partial charge in [-0.25, -0.2) is 5.43 Å². The standard InChI is InChI=1S/C20H27N3O/c1-13(22-23-19(24)17-2-4-18(21)5-3-17)9-20-10-14-6-15(11-20)8-16(7-14)12-20/h2-5,14-16H,6-12,21H2,1H3,(H,23,24)/b22-13-. The molecule has 4 fully saturated rings. The molecule has 0 atom stereocenters. The van der Waals surface area contributed by atoms with Gasteiger partial charge in [0.25, 0.3) is 5.91 Å². The Kier molecular flexibility index (Phi) is 3.86. The van der Waals surface area contributed by atoms with Crippen LogP contribution in [0.3, 0.4) is 0 Å². The van der Waals surface area contributed by atoms with Crippen LogP contribution >= 0.6 is 0 Å². The first-order chi connectivity index (χ1) is 11.5. The van der Waals surface area contributed by atoms with Gasteiger partial charge in [-0.1, -0.05) is 0 Å². The first-order valence-electron chi connectivity index (χ1n) is 9.20. The summed E-state index contributed by atoms with van der Waals surface area (Å²) in [6.07, 6.45) is 9.54. The lowest BCUT2D eigenvalue weighted by Crippen LogP contribution is -2.46. The van der Waals surface area contributed by atoms with Gasteiger partial charge in [-0.15, -0.1) is 0 Å². The van der Waals surface area contributed by atoms with Crippen molar-refractivity contribution in [1.29, 1.82) is 0 Å². The van der Waals surface area contributed by atoms with E-state index in [0.717, 1.165) is 29.9 Å². The molecule has 4 aliphatic rings. The van der Waals surface area contributed by atoms with Crippen molar-refractivity contribution < 1.29 is 4.79 Å². The normalized spacial score (nSPS) is 34.4. The zero-order valence-electron chi connectivity index (χ0n) is 14.4. The van der Waals surface area contributed by atoms with E-state index in [9.17, 15) is 4.79 Å². The van der Waals surface area contributed by atoms with Crippen molar-refractivity contribution in [2.45, 2.75) is 51.9 Å². The molecule has 5 rings (SSSR count). The summed E-state index contributed by atoms with van der Waals surface area (Å²) in [5.41, 5.74) is 11.1. The van der Waals surface area contributed by atoms with Crippen LogP contribution in [0.25, 0.3) is 0 Å². The highest BCUT2D eigenvalue weighted by Gasteiger charge is 2.50. The second kappa shape index (κ2) is 5.91. The van der Waals surface area contributed by atoms with Gasteiger partial charge in [-0.3, -0.25) is 4.79 Å². The van der Waals surface area contributed by atoms with Crippen molar-refractivity contribution in [3.05, 3.63) is 29.8 Å². The molecule has 128 valence electrons. The summed E-state index contributed by atoms with van der Waals surface area (Å²) < 4.78 is 0. The average Bonchev–Trinajstić information content (AvgIpc) is 2.51. The highest BCUT2D eigenvalue weighted by molar-refractivity contribution is 5.95. The summed E-state index contributed by atoms with van der Waals surface area (Å²) in [6, 6.07) is 6.94. The van der Waals surface area contributed by atoms with Crippen LogP contribution in [0, 0.1) is 23.2 Å². The van der Waals surface area contributed by atoms with Crippen LogP contribution in [-0.4, -0.2) is 11.6 Å². The van der Waals surface area contributed by atoms with Crippen molar-refractivity contribution in [1.82, 2.24) is 5.43 Å². The van der Waals surface area contributed by atoms with E-state index >= 15 is 0 Å². The molecular weight excluding hydrogens is 298 g/mol. The molecule has 3 N–H and O–H groups in total. The van der Waals surface area contributed by atoms with Gasteiger partial charge in [-0.05, 0) is 99.3 Å². The highest BCUT2D eigenvalue weighted by Crippen LogP contribution is 2.61. The van der Waals surface area contributed by atoms with Gasteiger partial charge in [0.2, 0.25) is 0 Å². The molecule has 0 aliphatic heterocycles. The fourth-order valence-electron chi connectivity index (χ4n) is 5.93. The SMILES string of the molecule is C/C(CC12CC3CC(CC(C3)C1)C2)=N/NC(=O)c1ccc(N)cc1. The molecule has 0 radical (unpaired) electrons. The number of nitrogens with two attached hydrogens (primary N) is 1. The summed E-state index contributed by atoms with van der Waals surface area (Å²) in [5.74, 6) is 2.69. The maximum absolute atomic E-state index is 12.2. The predicted octanol–water partition coefficient (Wildman–Crippen LogP) is 3.98. The Labute approximate surface area is 143 Å². The number of carbonyl (C=O) groups is 1. The smallest absolute Gasteiger partial charge is 0.271 e. The van der Waals surface area contributed by atoms with Crippen LogP contribution in [0.15, 0.2) is 29.4 Å². The quantitative estimate of drug-likeness (QED) is 0.499. The highest BCUT2D eigenvalue weighted by atomic mass is 16.2. The zero-order chi connectivity index (χ0) is 16.7. The molecule has 0 heterocycles. The predicted molar refractivity (Wildman–Crippen MR) is 96.7 cm³/mol. The van der Waals surface area contributed by atoms with Crippen LogP contribution < -0.4 is 11.2 Å². The molecule has 4 nitrogen and oxygen atoms in total. The molecule has 4 bridgehead atoms. The van der Waals surface area contributed by atoms with Gasteiger partial charge in [0.15, 0.2) is 0 Å². The number of nitrogens with one attached hydrogen (secondary N) is 1. The Hall–Kier alpha value is -1.84. The van der Waals surface area contributed by atoms with Crippen molar-refractivity contribution >= 4 is 17.3 Å². The maximum atomic E-state index is 12.2. The summed E-state index contributed by atoms with van der Waals surface area (Å²) >= 11 is 0. The number of nitrogens with zero attached hydrogens (tertiary/aromatic N) is 1. The number of hydrogen-bond donors (Lipinski definition) is 2. The maximum Gasteiger partial charge on any atom is 0.271 e. The fourth-order valence-corrected chi connectivity index (χ4v) is 5.93. The van der Waals surface area contributed by atoms with Crippen LogP contribution in [0.4, 0.5) is 5.69 Å². The van der Waals surface area contributed by atoms with Crippen LogP contribution in [-0.2, 0) is 0 Å². The third kappa shape index (κ3) is 3.06. The number of hydrogen-bond acceptors (Lipinski definition) is 3. The van der Waals surface area contributed by atoms with E-state index in [0.29, 0.717) is 16.7 Å². The Morgan fingerprint density at radius 1 is 1.12 bits per heavy atom. The average molecular weight is 325 g/mol. The number of rotatable bonds is 4. The largest absolute Gasteiger partial charge is 0.399 e. The number of carbonyl (C=O) groups excluding carboxylic acids is 1. The number of benzene rings is 1. The Morgan fingerprint density at radius 3 is 2.21 bits per heavy atom. The molecule has 4 aliphatic carbocycles. The summed E-state index contributed by atoms with van der Waals surface area (Å²) in [5, 5.41) is 4.38. The summed E-state index contributed by atoms with van der Waals surface area (Å²) in [4.78, 5) is 12.2. The van der Waals surface area contributed by atoms with Crippen LogP contribution in [0.1, 0.15) is 62.2 Å². The zero-order valence-corrected chi connectivity index (χ0v) is 14.4. The number of hydrazone groups is 1. The summed E-state index contributed by atoms with van der Waals surface area (Å²) in [6.45, 7) is 2.06. The molecule has 4 saturated carbocycles. The molecule has 1 aromatic carbocycles. The lowest BCUT2D eigenvalue weighted by molar-refractivity contribution is -0.0482. The molecule has 0 unspecified atom stereocenters. The van der Waals surface area contributed by atoms with E-state index < -0.39 is 0 Å². The van der Waals surface area contributed by atoms with Gasteiger partial charge in [-0.2, -0.15) is 5.10 Å². The van der Waals surface area contributed by atoms with Gasteiger partial charge < -0.3 is 5.73 Å². The third-order valence-electron chi connectivity index (χ3n) is 6.32. The molecule has 1 aromatic rings. The van der Waals surface area contributed by atoms with Crippen LogP contribution in [0.2, 0.25) is 0 Å². The first-order valence-corrected chi connectivity index (χ1v) is 9.20. The molecule has 4 heteroatoms. The van der Waals surface area contributed by atoms with E-state index in [1.807, 2.05) is 0 Å². The minimum atomic E-state index is -0.167. The number of anilines is 1. The van der Waals surface area contributed by atoms with Gasteiger partial charge in [0.05, 0.1) is 0 Å². The Morgan fingerprint density at radius 2 is 1.67 bits per heavy atom. The van der Waals surface area contributed by atoms with Crippen LogP contribution in [0.5, 0.6) is 0 Å². The number of amides is 1. The van der Waals surface area contributed by atoms with Gasteiger partial charge >= 0.3 is 0 Å². The van der Waals surface area contributed by atoms with E-state index in [1.165, 1.54) is 38.5 Å². The summed E-state index contributed by atoms with van der Waals surface area (Å²) in [7, 11) is 0. The molecule has 24 heavy (non-hydrogen) atoms. The fraction of sp³-hybridized carbons (Fsp3) is 0.600. The second-order valence-electron chi connectivity index (χ2n) is 8.50. The van der Waals surface area contributed by atoms with Crippen molar-refractivity contribution in [2.75, 3.05) is 5.73 Å². The molecule has 1 amide bonds. The van der Waals surface area contributed by atoms with Gasteiger partial charge in [0.1, 0.15) is 0 Å². The minimum absolute atomic E-state index is 0.167. The minimum Gasteiger partial charge on any atom is -0.399 e. The Bertz CT molecular complexity index is 627. The van der Waals surface area contributed by atoms with E-state index in [1.54, 1.807) is 24.3 Å².